The number of hydrogen-bond donors (Lipinski definition) is 1. The average molecular weight is 358 g/mol. The molecular weight excluding hydrogens is 328 g/mol. The van der Waals surface area contributed by atoms with Crippen LogP contribution < -0.4 is 5.32 Å². The molecule has 3 rings (SSSR count). The Morgan fingerprint density at radius 2 is 1.46 bits per heavy atom. The summed E-state index contributed by atoms with van der Waals surface area (Å²) in [6.45, 7) is 5.71. The molecule has 0 unspecified atom stereocenters. The van der Waals surface area contributed by atoms with E-state index in [4.69, 9.17) is 0 Å². The lowest BCUT2D eigenvalue weighted by molar-refractivity contribution is -0.132. The number of rotatable bonds is 4. The lowest BCUT2D eigenvalue weighted by Gasteiger charge is -2.35. The molecule has 2 heterocycles. The number of benzene rings is 1. The van der Waals surface area contributed by atoms with Crippen molar-refractivity contribution in [3.8, 4) is 0 Å². The third kappa shape index (κ3) is 5.46. The maximum atomic E-state index is 12.5. The monoisotopic (exact) mass is 358 g/mol. The van der Waals surface area contributed by atoms with Crippen LogP contribution in [0.2, 0.25) is 0 Å². The summed E-state index contributed by atoms with van der Waals surface area (Å²) >= 11 is 0. The molecule has 2 aliphatic heterocycles. The maximum absolute atomic E-state index is 12.5. The van der Waals surface area contributed by atoms with Crippen LogP contribution in [0, 0.1) is 0 Å². The largest absolute Gasteiger partial charge is 0.342 e. The van der Waals surface area contributed by atoms with Crippen molar-refractivity contribution in [2.24, 2.45) is 0 Å². The average Bonchev–Trinajstić information content (AvgIpc) is 2.97. The van der Waals surface area contributed by atoms with E-state index in [0.717, 1.165) is 44.6 Å². The number of amides is 3. The molecule has 1 N–H and O–H groups in total. The third-order valence-corrected chi connectivity index (χ3v) is 5.26. The molecule has 1 aromatic rings. The Balaban J connectivity index is 1.38. The van der Waals surface area contributed by atoms with Crippen LogP contribution in [0.15, 0.2) is 30.3 Å². The number of likely N-dealkylation sites (tertiary alicyclic amines) is 1. The molecule has 2 aliphatic rings. The smallest absolute Gasteiger partial charge is 0.317 e. The SMILES string of the molecule is O=C(CN1CCN(C(=O)NCc2ccccc2)CC1)N1CCCCCC1. The van der Waals surface area contributed by atoms with Crippen LogP contribution in [0.4, 0.5) is 4.79 Å². The first-order chi connectivity index (χ1) is 12.7. The predicted molar refractivity (Wildman–Crippen MR) is 102 cm³/mol. The summed E-state index contributed by atoms with van der Waals surface area (Å²) in [6.07, 6.45) is 4.73. The molecular formula is C20H30N4O2. The first-order valence-electron chi connectivity index (χ1n) is 9.79. The summed E-state index contributed by atoms with van der Waals surface area (Å²) in [6, 6.07) is 9.91. The van der Waals surface area contributed by atoms with Gasteiger partial charge in [0.1, 0.15) is 0 Å². The number of piperazine rings is 1. The van der Waals surface area contributed by atoms with Gasteiger partial charge < -0.3 is 15.1 Å². The molecule has 2 saturated heterocycles. The molecule has 0 bridgehead atoms. The molecule has 0 saturated carbocycles. The summed E-state index contributed by atoms with van der Waals surface area (Å²) in [5.74, 6) is 0.244. The highest BCUT2D eigenvalue weighted by Gasteiger charge is 2.24. The number of nitrogens with zero attached hydrogens (tertiary/aromatic N) is 3. The van der Waals surface area contributed by atoms with Crippen molar-refractivity contribution in [3.05, 3.63) is 35.9 Å². The van der Waals surface area contributed by atoms with Gasteiger partial charge in [-0.05, 0) is 18.4 Å². The Morgan fingerprint density at radius 1 is 0.808 bits per heavy atom. The van der Waals surface area contributed by atoms with Gasteiger partial charge in [0.2, 0.25) is 5.91 Å². The standard InChI is InChI=1S/C20H30N4O2/c25-19(23-10-6-1-2-7-11-23)17-22-12-14-24(15-13-22)20(26)21-16-18-8-4-3-5-9-18/h3-5,8-9H,1-2,6-7,10-17H2,(H,21,26). The van der Waals surface area contributed by atoms with Crippen molar-refractivity contribution >= 4 is 11.9 Å². The highest BCUT2D eigenvalue weighted by molar-refractivity contribution is 5.78. The highest BCUT2D eigenvalue weighted by Crippen LogP contribution is 2.11. The minimum absolute atomic E-state index is 0.0210. The zero-order valence-corrected chi connectivity index (χ0v) is 15.5. The molecule has 2 fully saturated rings. The Morgan fingerprint density at radius 3 is 2.12 bits per heavy atom. The van der Waals surface area contributed by atoms with Gasteiger partial charge in [-0.1, -0.05) is 43.2 Å². The summed E-state index contributed by atoms with van der Waals surface area (Å²) in [7, 11) is 0. The van der Waals surface area contributed by atoms with Crippen LogP contribution in [0.3, 0.4) is 0 Å². The normalized spacial score (nSPS) is 19.1. The Hall–Kier alpha value is -2.08. The Kier molecular flexibility index (Phi) is 6.89. The van der Waals surface area contributed by atoms with Gasteiger partial charge in [0.25, 0.3) is 0 Å². The zero-order valence-electron chi connectivity index (χ0n) is 15.5. The van der Waals surface area contributed by atoms with Crippen molar-refractivity contribution < 1.29 is 9.59 Å². The summed E-state index contributed by atoms with van der Waals surface area (Å²) in [4.78, 5) is 30.8. The van der Waals surface area contributed by atoms with Gasteiger partial charge in [0.05, 0.1) is 6.54 Å². The van der Waals surface area contributed by atoms with E-state index in [1.807, 2.05) is 40.1 Å². The number of carbonyl (C=O) groups excluding carboxylic acids is 2. The number of carbonyl (C=O) groups is 2. The highest BCUT2D eigenvalue weighted by atomic mass is 16.2. The second kappa shape index (κ2) is 9.57. The second-order valence-corrected chi connectivity index (χ2v) is 7.20. The molecule has 1 aromatic carbocycles. The van der Waals surface area contributed by atoms with Crippen LogP contribution in [0.5, 0.6) is 0 Å². The van der Waals surface area contributed by atoms with E-state index >= 15 is 0 Å². The van der Waals surface area contributed by atoms with Gasteiger partial charge in [-0.2, -0.15) is 0 Å². The van der Waals surface area contributed by atoms with Gasteiger partial charge in [0, 0.05) is 45.8 Å². The molecule has 0 atom stereocenters. The van der Waals surface area contributed by atoms with Crippen LogP contribution in [0.25, 0.3) is 0 Å². The van der Waals surface area contributed by atoms with Crippen LogP contribution >= 0.6 is 0 Å². The van der Waals surface area contributed by atoms with Crippen molar-refractivity contribution in [3.63, 3.8) is 0 Å². The van der Waals surface area contributed by atoms with Gasteiger partial charge in [-0.15, -0.1) is 0 Å². The van der Waals surface area contributed by atoms with E-state index in [-0.39, 0.29) is 11.9 Å². The summed E-state index contributed by atoms with van der Waals surface area (Å²) in [5.41, 5.74) is 1.10. The fourth-order valence-corrected chi connectivity index (χ4v) is 3.61. The van der Waals surface area contributed by atoms with Crippen LogP contribution in [-0.2, 0) is 11.3 Å². The van der Waals surface area contributed by atoms with E-state index in [9.17, 15) is 9.59 Å². The van der Waals surface area contributed by atoms with E-state index in [1.165, 1.54) is 12.8 Å². The van der Waals surface area contributed by atoms with Crippen LogP contribution in [0.1, 0.15) is 31.2 Å². The Bertz CT molecular complexity index is 577. The molecule has 3 amide bonds. The van der Waals surface area contributed by atoms with Gasteiger partial charge >= 0.3 is 6.03 Å². The van der Waals surface area contributed by atoms with Crippen LogP contribution in [-0.4, -0.2) is 72.5 Å². The maximum Gasteiger partial charge on any atom is 0.317 e. The van der Waals surface area contributed by atoms with E-state index in [2.05, 4.69) is 10.2 Å². The van der Waals surface area contributed by atoms with Crippen molar-refractivity contribution in [2.75, 3.05) is 45.8 Å². The second-order valence-electron chi connectivity index (χ2n) is 7.20. The summed E-state index contributed by atoms with van der Waals surface area (Å²) < 4.78 is 0. The quantitative estimate of drug-likeness (QED) is 0.895. The third-order valence-electron chi connectivity index (χ3n) is 5.26. The first-order valence-corrected chi connectivity index (χ1v) is 9.79. The lowest BCUT2D eigenvalue weighted by Crippen LogP contribution is -2.53. The summed E-state index contributed by atoms with van der Waals surface area (Å²) in [5, 5.41) is 2.98. The van der Waals surface area contributed by atoms with E-state index in [0.29, 0.717) is 26.2 Å². The molecule has 6 heteroatoms. The molecule has 142 valence electrons. The predicted octanol–water partition coefficient (Wildman–Crippen LogP) is 1.92. The number of nitrogens with one attached hydrogen (secondary N) is 1. The van der Waals surface area contributed by atoms with E-state index < -0.39 is 0 Å². The van der Waals surface area contributed by atoms with Gasteiger partial charge in [0.15, 0.2) is 0 Å². The molecule has 0 spiro atoms. The van der Waals surface area contributed by atoms with Crippen molar-refractivity contribution in [1.29, 1.82) is 0 Å². The van der Waals surface area contributed by atoms with E-state index in [1.54, 1.807) is 0 Å². The molecule has 26 heavy (non-hydrogen) atoms. The molecule has 0 aliphatic carbocycles. The number of hydrogen-bond acceptors (Lipinski definition) is 3. The minimum Gasteiger partial charge on any atom is -0.342 e. The van der Waals surface area contributed by atoms with Gasteiger partial charge in [-0.25, -0.2) is 4.79 Å². The number of urea groups is 1. The lowest BCUT2D eigenvalue weighted by atomic mass is 10.2. The van der Waals surface area contributed by atoms with Gasteiger partial charge in [-0.3, -0.25) is 9.69 Å². The molecule has 0 aromatic heterocycles. The minimum atomic E-state index is -0.0210. The van der Waals surface area contributed by atoms with Crippen molar-refractivity contribution in [1.82, 2.24) is 20.0 Å². The first kappa shape index (κ1) is 18.7. The fraction of sp³-hybridized carbons (Fsp3) is 0.600. The Labute approximate surface area is 156 Å². The zero-order chi connectivity index (χ0) is 18.2. The molecule has 0 radical (unpaired) electrons. The fourth-order valence-electron chi connectivity index (χ4n) is 3.61. The molecule has 6 nitrogen and oxygen atoms in total. The van der Waals surface area contributed by atoms with Crippen molar-refractivity contribution in [2.45, 2.75) is 32.2 Å². The topological polar surface area (TPSA) is 55.9 Å².